The fourth-order valence-electron chi connectivity index (χ4n) is 2.23. The molecule has 18 heavy (non-hydrogen) atoms. The van der Waals surface area contributed by atoms with E-state index in [0.717, 1.165) is 35.4 Å². The number of fused-ring (bicyclic) bond motifs is 1. The maximum atomic E-state index is 9.32. The van der Waals surface area contributed by atoms with Crippen LogP contribution >= 0.6 is 15.9 Å². The van der Waals surface area contributed by atoms with Crippen LogP contribution in [0.25, 0.3) is 0 Å². The lowest BCUT2D eigenvalue weighted by Crippen LogP contribution is -2.36. The molecule has 0 unspecified atom stereocenters. The van der Waals surface area contributed by atoms with E-state index in [-0.39, 0.29) is 12.6 Å². The van der Waals surface area contributed by atoms with E-state index in [1.165, 1.54) is 5.56 Å². The Morgan fingerprint density at radius 1 is 1.44 bits per heavy atom. The van der Waals surface area contributed by atoms with Crippen LogP contribution < -0.4 is 10.1 Å². The molecule has 0 aliphatic carbocycles. The van der Waals surface area contributed by atoms with Gasteiger partial charge in [0.2, 0.25) is 0 Å². The maximum Gasteiger partial charge on any atom is 0.127 e. The normalized spacial score (nSPS) is 15.6. The van der Waals surface area contributed by atoms with E-state index in [1.54, 1.807) is 0 Å². The van der Waals surface area contributed by atoms with Crippen LogP contribution in [0.15, 0.2) is 16.6 Å². The van der Waals surface area contributed by atoms with E-state index in [4.69, 9.17) is 4.74 Å². The van der Waals surface area contributed by atoms with E-state index in [0.29, 0.717) is 5.92 Å². The zero-order valence-electron chi connectivity index (χ0n) is 10.9. The highest BCUT2D eigenvalue weighted by Crippen LogP contribution is 2.32. The monoisotopic (exact) mass is 313 g/mol. The standard InChI is InChI=1S/C14H20BrNO2/c1-9(2)13(8-17)16-7-11-6-12(15)5-10-3-4-18-14(10)11/h5-6,9,13,16-17H,3-4,7-8H2,1-2H3/t13-/m1/s1. The molecule has 4 heteroatoms. The van der Waals surface area contributed by atoms with E-state index in [9.17, 15) is 5.11 Å². The molecular weight excluding hydrogens is 294 g/mol. The molecule has 0 aromatic heterocycles. The zero-order valence-corrected chi connectivity index (χ0v) is 12.5. The Balaban J connectivity index is 2.10. The Hall–Kier alpha value is -0.580. The first-order valence-corrected chi connectivity index (χ1v) is 7.19. The van der Waals surface area contributed by atoms with Crippen molar-refractivity contribution < 1.29 is 9.84 Å². The lowest BCUT2D eigenvalue weighted by atomic mass is 10.0. The van der Waals surface area contributed by atoms with Crippen molar-refractivity contribution in [2.75, 3.05) is 13.2 Å². The topological polar surface area (TPSA) is 41.5 Å². The molecule has 100 valence electrons. The van der Waals surface area contributed by atoms with Gasteiger partial charge in [-0.1, -0.05) is 29.8 Å². The summed E-state index contributed by atoms with van der Waals surface area (Å²) >= 11 is 3.54. The number of rotatable bonds is 5. The average molecular weight is 314 g/mol. The van der Waals surface area contributed by atoms with Crippen LogP contribution in [0, 0.1) is 5.92 Å². The summed E-state index contributed by atoms with van der Waals surface area (Å²) in [4.78, 5) is 0. The summed E-state index contributed by atoms with van der Waals surface area (Å²) in [7, 11) is 0. The number of ether oxygens (including phenoxy) is 1. The van der Waals surface area contributed by atoms with Gasteiger partial charge in [-0.15, -0.1) is 0 Å². The zero-order chi connectivity index (χ0) is 13.1. The van der Waals surface area contributed by atoms with E-state index >= 15 is 0 Å². The summed E-state index contributed by atoms with van der Waals surface area (Å²) < 4.78 is 6.78. The molecule has 2 rings (SSSR count). The van der Waals surface area contributed by atoms with Crippen molar-refractivity contribution >= 4 is 15.9 Å². The van der Waals surface area contributed by atoms with Crippen molar-refractivity contribution in [3.63, 3.8) is 0 Å². The second-order valence-electron chi connectivity index (χ2n) is 5.07. The Morgan fingerprint density at radius 2 is 2.22 bits per heavy atom. The Morgan fingerprint density at radius 3 is 2.89 bits per heavy atom. The molecule has 3 nitrogen and oxygen atoms in total. The summed E-state index contributed by atoms with van der Waals surface area (Å²) in [5, 5.41) is 12.7. The molecule has 1 aliphatic heterocycles. The van der Waals surface area contributed by atoms with Crippen LogP contribution in [-0.2, 0) is 13.0 Å². The van der Waals surface area contributed by atoms with Crippen LogP contribution in [0.5, 0.6) is 5.75 Å². The van der Waals surface area contributed by atoms with Crippen molar-refractivity contribution in [3.8, 4) is 5.75 Å². The number of hydrogen-bond donors (Lipinski definition) is 2. The first kappa shape index (κ1) is 13.8. The van der Waals surface area contributed by atoms with Crippen LogP contribution in [0.2, 0.25) is 0 Å². The first-order chi connectivity index (χ1) is 8.61. The Labute approximate surface area is 117 Å². The lowest BCUT2D eigenvalue weighted by Gasteiger charge is -2.20. The summed E-state index contributed by atoms with van der Waals surface area (Å²) in [6.45, 7) is 5.87. The molecule has 1 heterocycles. The van der Waals surface area contributed by atoms with Crippen LogP contribution in [-0.4, -0.2) is 24.4 Å². The van der Waals surface area contributed by atoms with Crippen LogP contribution in [0.1, 0.15) is 25.0 Å². The number of aliphatic hydroxyl groups excluding tert-OH is 1. The van der Waals surface area contributed by atoms with Gasteiger partial charge in [-0.05, 0) is 23.6 Å². The van der Waals surface area contributed by atoms with Gasteiger partial charge in [0, 0.05) is 29.0 Å². The highest BCUT2D eigenvalue weighted by atomic mass is 79.9. The van der Waals surface area contributed by atoms with Crippen molar-refractivity contribution in [3.05, 3.63) is 27.7 Å². The van der Waals surface area contributed by atoms with Crippen molar-refractivity contribution in [1.82, 2.24) is 5.32 Å². The van der Waals surface area contributed by atoms with Gasteiger partial charge >= 0.3 is 0 Å². The molecule has 0 spiro atoms. The molecule has 1 atom stereocenters. The predicted octanol–water partition coefficient (Wildman–Crippen LogP) is 2.49. The molecule has 1 aromatic carbocycles. The molecule has 0 saturated carbocycles. The number of halogens is 1. The molecule has 0 amide bonds. The van der Waals surface area contributed by atoms with Gasteiger partial charge in [-0.25, -0.2) is 0 Å². The third-order valence-electron chi connectivity index (χ3n) is 3.38. The van der Waals surface area contributed by atoms with E-state index in [1.807, 2.05) is 0 Å². The minimum absolute atomic E-state index is 0.126. The van der Waals surface area contributed by atoms with Gasteiger partial charge in [-0.2, -0.15) is 0 Å². The number of aliphatic hydroxyl groups is 1. The fourth-order valence-corrected chi connectivity index (χ4v) is 2.78. The maximum absolute atomic E-state index is 9.32. The molecule has 1 aromatic rings. The molecule has 0 radical (unpaired) electrons. The SMILES string of the molecule is CC(C)[C@@H](CO)NCc1cc(Br)cc2c1OCC2. The molecule has 0 saturated heterocycles. The van der Waals surface area contributed by atoms with Gasteiger partial charge in [0.1, 0.15) is 5.75 Å². The number of benzene rings is 1. The Bertz CT molecular complexity index is 421. The molecule has 0 bridgehead atoms. The highest BCUT2D eigenvalue weighted by Gasteiger charge is 2.18. The second kappa shape index (κ2) is 6.04. The summed E-state index contributed by atoms with van der Waals surface area (Å²) in [5.41, 5.74) is 2.43. The van der Waals surface area contributed by atoms with E-state index in [2.05, 4.69) is 47.2 Å². The van der Waals surface area contributed by atoms with Crippen molar-refractivity contribution in [1.29, 1.82) is 0 Å². The number of hydrogen-bond acceptors (Lipinski definition) is 3. The summed E-state index contributed by atoms with van der Waals surface area (Å²) in [6.07, 6.45) is 0.982. The van der Waals surface area contributed by atoms with Gasteiger partial charge < -0.3 is 15.2 Å². The predicted molar refractivity (Wildman–Crippen MR) is 75.9 cm³/mol. The van der Waals surface area contributed by atoms with Gasteiger partial charge in [0.05, 0.1) is 13.2 Å². The van der Waals surface area contributed by atoms with Crippen LogP contribution in [0.4, 0.5) is 0 Å². The average Bonchev–Trinajstić information content (AvgIpc) is 2.77. The minimum atomic E-state index is 0.126. The minimum Gasteiger partial charge on any atom is -0.493 e. The smallest absolute Gasteiger partial charge is 0.127 e. The van der Waals surface area contributed by atoms with Gasteiger partial charge in [0.15, 0.2) is 0 Å². The largest absolute Gasteiger partial charge is 0.493 e. The highest BCUT2D eigenvalue weighted by molar-refractivity contribution is 9.10. The third kappa shape index (κ3) is 3.05. The number of nitrogens with one attached hydrogen (secondary N) is 1. The fraction of sp³-hybridized carbons (Fsp3) is 0.571. The molecular formula is C14H20BrNO2. The second-order valence-corrected chi connectivity index (χ2v) is 5.98. The van der Waals surface area contributed by atoms with Crippen LogP contribution in [0.3, 0.4) is 0 Å². The lowest BCUT2D eigenvalue weighted by molar-refractivity contribution is 0.209. The van der Waals surface area contributed by atoms with Crippen molar-refractivity contribution in [2.24, 2.45) is 5.92 Å². The van der Waals surface area contributed by atoms with Gasteiger partial charge in [-0.3, -0.25) is 0 Å². The van der Waals surface area contributed by atoms with Crippen molar-refractivity contribution in [2.45, 2.75) is 32.9 Å². The third-order valence-corrected chi connectivity index (χ3v) is 3.84. The quantitative estimate of drug-likeness (QED) is 0.877. The summed E-state index contributed by atoms with van der Waals surface area (Å²) in [5.74, 6) is 1.43. The molecule has 1 aliphatic rings. The molecule has 0 fully saturated rings. The van der Waals surface area contributed by atoms with Gasteiger partial charge in [0.25, 0.3) is 0 Å². The summed E-state index contributed by atoms with van der Waals surface area (Å²) in [6, 6.07) is 4.34. The molecule has 2 N–H and O–H groups in total. The Kier molecular flexibility index (Phi) is 4.65. The van der Waals surface area contributed by atoms with E-state index < -0.39 is 0 Å². The first-order valence-electron chi connectivity index (χ1n) is 6.40.